The van der Waals surface area contributed by atoms with Gasteiger partial charge in [0, 0.05) is 27.7 Å². The van der Waals surface area contributed by atoms with E-state index in [1.807, 2.05) is 22.2 Å². The highest BCUT2D eigenvalue weighted by molar-refractivity contribution is 7.16. The normalized spacial score (nSPS) is 13.4. The molecule has 25 heavy (non-hydrogen) atoms. The summed E-state index contributed by atoms with van der Waals surface area (Å²) in [5.74, 6) is -0.108. The quantitative estimate of drug-likeness (QED) is 0.576. The van der Waals surface area contributed by atoms with Crippen molar-refractivity contribution in [2.75, 3.05) is 11.4 Å². The second-order valence-electron chi connectivity index (χ2n) is 5.83. The number of rotatable bonds is 5. The number of fused-ring (bicyclic) bond motifs is 1. The summed E-state index contributed by atoms with van der Waals surface area (Å²) in [5.41, 5.74) is 2.70. The van der Waals surface area contributed by atoms with Crippen molar-refractivity contribution < 1.29 is 4.79 Å². The van der Waals surface area contributed by atoms with Crippen LogP contribution in [0.5, 0.6) is 0 Å². The first-order chi connectivity index (χ1) is 12.3. The van der Waals surface area contributed by atoms with Gasteiger partial charge in [-0.15, -0.1) is 29.3 Å². The summed E-state index contributed by atoms with van der Waals surface area (Å²) in [6.07, 6.45) is 6.22. The molecule has 1 aliphatic carbocycles. The Morgan fingerprint density at radius 1 is 1.28 bits per heavy atom. The van der Waals surface area contributed by atoms with Gasteiger partial charge in [0.2, 0.25) is 0 Å². The zero-order chi connectivity index (χ0) is 17.2. The van der Waals surface area contributed by atoms with Crippen LogP contribution in [0.3, 0.4) is 0 Å². The Bertz CT molecular complexity index is 871. The number of hydrogen-bond acceptors (Lipinski definition) is 6. The Labute approximate surface area is 158 Å². The molecule has 0 unspecified atom stereocenters. The van der Waals surface area contributed by atoms with Gasteiger partial charge in [0.25, 0.3) is 5.91 Å². The van der Waals surface area contributed by atoms with E-state index in [4.69, 9.17) is 4.98 Å². The fourth-order valence-corrected chi connectivity index (χ4v) is 5.52. The van der Waals surface area contributed by atoms with Crippen molar-refractivity contribution in [3.63, 3.8) is 0 Å². The van der Waals surface area contributed by atoms with Crippen LogP contribution in [0.4, 0.5) is 5.13 Å². The lowest BCUT2D eigenvalue weighted by atomic mass is 10.0. The highest BCUT2D eigenvalue weighted by Crippen LogP contribution is 2.33. The van der Waals surface area contributed by atoms with E-state index in [2.05, 4.69) is 11.6 Å². The highest BCUT2D eigenvalue weighted by Gasteiger charge is 2.25. The Balaban J connectivity index is 1.63. The Morgan fingerprint density at radius 2 is 2.16 bits per heavy atom. The maximum Gasteiger partial charge on any atom is 0.279 e. The summed E-state index contributed by atoms with van der Waals surface area (Å²) in [6.45, 7) is 4.24. The smallest absolute Gasteiger partial charge is 0.279 e. The minimum atomic E-state index is -0.108. The number of thiophene rings is 1. The average Bonchev–Trinajstić information content (AvgIpc) is 3.38. The molecule has 3 aromatic heterocycles. The van der Waals surface area contributed by atoms with Crippen molar-refractivity contribution in [2.24, 2.45) is 0 Å². The Kier molecular flexibility index (Phi) is 4.78. The number of aromatic nitrogens is 2. The van der Waals surface area contributed by atoms with E-state index in [1.54, 1.807) is 33.6 Å². The molecular weight excluding hydrogens is 370 g/mol. The van der Waals surface area contributed by atoms with Gasteiger partial charge in [-0.2, -0.15) is 11.3 Å². The third-order valence-electron chi connectivity index (χ3n) is 4.11. The summed E-state index contributed by atoms with van der Waals surface area (Å²) in [7, 11) is 0. The van der Waals surface area contributed by atoms with E-state index in [1.165, 1.54) is 29.1 Å². The van der Waals surface area contributed by atoms with Crippen molar-refractivity contribution in [3.8, 4) is 10.6 Å². The van der Waals surface area contributed by atoms with Crippen molar-refractivity contribution in [1.29, 1.82) is 0 Å². The molecule has 0 saturated carbocycles. The molecule has 0 atom stereocenters. The van der Waals surface area contributed by atoms with Crippen LogP contribution < -0.4 is 4.90 Å². The molecular formula is C18H17N3OS3. The third-order valence-corrected chi connectivity index (χ3v) is 6.87. The van der Waals surface area contributed by atoms with Crippen molar-refractivity contribution >= 4 is 45.0 Å². The lowest BCUT2D eigenvalue weighted by Gasteiger charge is -2.16. The molecule has 1 amide bonds. The minimum absolute atomic E-state index is 0.108. The second kappa shape index (κ2) is 7.19. The van der Waals surface area contributed by atoms with Gasteiger partial charge >= 0.3 is 0 Å². The van der Waals surface area contributed by atoms with Gasteiger partial charge in [0.05, 0.1) is 5.69 Å². The first-order valence-corrected chi connectivity index (χ1v) is 10.8. The molecule has 1 aliphatic rings. The lowest BCUT2D eigenvalue weighted by Crippen LogP contribution is -2.31. The predicted octanol–water partition coefficient (Wildman–Crippen LogP) is 5.04. The van der Waals surface area contributed by atoms with Gasteiger partial charge in [0.1, 0.15) is 10.7 Å². The van der Waals surface area contributed by atoms with Crippen molar-refractivity contribution in [2.45, 2.75) is 25.7 Å². The van der Waals surface area contributed by atoms with E-state index in [0.717, 1.165) is 34.2 Å². The van der Waals surface area contributed by atoms with Crippen LogP contribution in [0.1, 0.15) is 33.9 Å². The number of carbonyl (C=O) groups is 1. The second-order valence-corrected chi connectivity index (χ2v) is 8.53. The predicted molar refractivity (Wildman–Crippen MR) is 106 cm³/mol. The number of hydrogen-bond donors (Lipinski definition) is 0. The van der Waals surface area contributed by atoms with E-state index < -0.39 is 0 Å². The molecule has 0 spiro atoms. The number of nitrogens with zero attached hydrogens (tertiary/aromatic N) is 3. The van der Waals surface area contributed by atoms with Gasteiger partial charge < -0.3 is 0 Å². The van der Waals surface area contributed by atoms with Crippen molar-refractivity contribution in [1.82, 2.24) is 9.97 Å². The van der Waals surface area contributed by atoms with E-state index in [-0.39, 0.29) is 5.91 Å². The monoisotopic (exact) mass is 387 g/mol. The Hall–Kier alpha value is -1.83. The van der Waals surface area contributed by atoms with Crippen LogP contribution >= 0.6 is 34.0 Å². The summed E-state index contributed by atoms with van der Waals surface area (Å²) < 4.78 is 0. The molecule has 0 saturated heterocycles. The average molecular weight is 388 g/mol. The lowest BCUT2D eigenvalue weighted by molar-refractivity contribution is 0.0985. The van der Waals surface area contributed by atoms with Gasteiger partial charge in [-0.1, -0.05) is 6.08 Å². The fourth-order valence-electron chi connectivity index (χ4n) is 2.86. The van der Waals surface area contributed by atoms with Crippen LogP contribution in [0.2, 0.25) is 0 Å². The number of anilines is 1. The topological polar surface area (TPSA) is 46.1 Å². The van der Waals surface area contributed by atoms with Gasteiger partial charge in [-0.25, -0.2) is 9.97 Å². The molecule has 128 valence electrons. The molecule has 7 heteroatoms. The third kappa shape index (κ3) is 3.31. The number of carbonyl (C=O) groups excluding carboxylic acids is 1. The van der Waals surface area contributed by atoms with Gasteiger partial charge in [0.15, 0.2) is 5.13 Å². The summed E-state index contributed by atoms with van der Waals surface area (Å²) in [5, 5.41) is 7.54. The van der Waals surface area contributed by atoms with Crippen LogP contribution in [-0.2, 0) is 12.8 Å². The van der Waals surface area contributed by atoms with E-state index in [9.17, 15) is 4.79 Å². The molecule has 4 nitrogen and oxygen atoms in total. The molecule has 4 rings (SSSR count). The van der Waals surface area contributed by atoms with Crippen LogP contribution in [0, 0.1) is 0 Å². The van der Waals surface area contributed by atoms with Gasteiger partial charge in [-0.3, -0.25) is 9.69 Å². The molecule has 0 radical (unpaired) electrons. The SMILES string of the molecule is C=CCN(C(=O)c1csc(-c2ccsc2)n1)c1nc2c(s1)CCCC2. The summed E-state index contributed by atoms with van der Waals surface area (Å²) in [6, 6.07) is 2.02. The van der Waals surface area contributed by atoms with Crippen LogP contribution in [0.25, 0.3) is 10.6 Å². The minimum Gasteiger partial charge on any atom is -0.279 e. The summed E-state index contributed by atoms with van der Waals surface area (Å²) >= 11 is 4.76. The van der Waals surface area contributed by atoms with Crippen LogP contribution in [0.15, 0.2) is 34.9 Å². The van der Waals surface area contributed by atoms with Crippen LogP contribution in [-0.4, -0.2) is 22.4 Å². The summed E-state index contributed by atoms with van der Waals surface area (Å²) in [4.78, 5) is 25.3. The zero-order valence-electron chi connectivity index (χ0n) is 13.6. The highest BCUT2D eigenvalue weighted by atomic mass is 32.1. The number of thiazole rings is 2. The molecule has 0 aliphatic heterocycles. The largest absolute Gasteiger partial charge is 0.279 e. The van der Waals surface area contributed by atoms with E-state index in [0.29, 0.717) is 12.2 Å². The number of amides is 1. The molecule has 0 N–H and O–H groups in total. The first kappa shape index (κ1) is 16.6. The van der Waals surface area contributed by atoms with E-state index >= 15 is 0 Å². The van der Waals surface area contributed by atoms with Gasteiger partial charge in [-0.05, 0) is 37.1 Å². The maximum atomic E-state index is 13.0. The Morgan fingerprint density at radius 3 is 2.92 bits per heavy atom. The molecule has 0 bridgehead atoms. The first-order valence-electron chi connectivity index (χ1n) is 8.15. The zero-order valence-corrected chi connectivity index (χ0v) is 16.1. The standard InChI is InChI=1S/C18H17N3OS3/c1-2-8-21(18-20-13-5-3-4-6-15(13)25-18)17(22)14-11-24-16(19-14)12-7-9-23-10-12/h2,7,9-11H,1,3-6,8H2. The fraction of sp³-hybridized carbons (Fsp3) is 0.278. The van der Waals surface area contributed by atoms with Crippen molar-refractivity contribution in [3.05, 3.63) is 51.1 Å². The molecule has 3 heterocycles. The maximum absolute atomic E-state index is 13.0. The molecule has 0 fully saturated rings. The number of aryl methyl sites for hydroxylation is 2. The molecule has 0 aromatic carbocycles. The molecule has 3 aromatic rings.